The van der Waals surface area contributed by atoms with Crippen LogP contribution >= 0.6 is 0 Å². The number of ether oxygens (including phenoxy) is 1. The Morgan fingerprint density at radius 1 is 0.906 bits per heavy atom. The van der Waals surface area contributed by atoms with Crippen LogP contribution in [-0.4, -0.2) is 36.7 Å². The number of nitrogens with zero attached hydrogens (tertiary/aromatic N) is 3. The fraction of sp³-hybridized carbons (Fsp3) is 0.346. The molecule has 0 spiro atoms. The third-order valence-electron chi connectivity index (χ3n) is 5.70. The molecule has 0 fully saturated rings. The average molecular weight is 448 g/mol. The number of hydrogen-bond acceptors (Lipinski definition) is 5. The van der Waals surface area contributed by atoms with Gasteiger partial charge >= 0.3 is 6.01 Å². The molecule has 2 aromatic carbocycles. The second-order valence-electron chi connectivity index (χ2n) is 9.42. The van der Waals surface area contributed by atoms with Gasteiger partial charge in [0.25, 0.3) is 0 Å². The van der Waals surface area contributed by atoms with Gasteiger partial charge in [-0.15, -0.1) is 0 Å². The fourth-order valence-electron chi connectivity index (χ4n) is 2.96. The maximum Gasteiger partial charge on any atom is 0.316 e. The van der Waals surface area contributed by atoms with Gasteiger partial charge in [-0.25, -0.2) is 15.0 Å². The van der Waals surface area contributed by atoms with Gasteiger partial charge in [0.1, 0.15) is 12.3 Å². The largest absolute Gasteiger partial charge is 0.461 e. The maximum atomic E-state index is 6.33. The van der Waals surface area contributed by atoms with Crippen LogP contribution in [0.25, 0.3) is 0 Å². The molecule has 0 radical (unpaired) electrons. The molecule has 6 heteroatoms. The lowest BCUT2D eigenvalue weighted by Gasteiger charge is -2.38. The lowest BCUT2D eigenvalue weighted by Crippen LogP contribution is -2.44. The maximum absolute atomic E-state index is 6.33. The summed E-state index contributed by atoms with van der Waals surface area (Å²) in [6.45, 7) is 13.6. The summed E-state index contributed by atoms with van der Waals surface area (Å²) in [5, 5.41) is 0.159. The Morgan fingerprint density at radius 3 is 1.88 bits per heavy atom. The van der Waals surface area contributed by atoms with Crippen LogP contribution in [0.3, 0.4) is 0 Å². The van der Waals surface area contributed by atoms with Crippen molar-refractivity contribution in [3.63, 3.8) is 0 Å². The molecular formula is C26H33N3O2Si. The van der Waals surface area contributed by atoms with Crippen molar-refractivity contribution in [3.05, 3.63) is 84.2 Å². The van der Waals surface area contributed by atoms with Crippen molar-refractivity contribution in [2.45, 2.75) is 51.9 Å². The van der Waals surface area contributed by atoms with E-state index >= 15 is 0 Å². The molecule has 5 nitrogen and oxygen atoms in total. The molecule has 0 aliphatic heterocycles. The van der Waals surface area contributed by atoms with Crippen molar-refractivity contribution in [1.82, 2.24) is 9.97 Å². The van der Waals surface area contributed by atoms with Crippen LogP contribution in [0.1, 0.15) is 38.8 Å². The van der Waals surface area contributed by atoms with E-state index in [-0.39, 0.29) is 11.1 Å². The Bertz CT molecular complexity index is 973. The molecule has 1 atom stereocenters. The van der Waals surface area contributed by atoms with E-state index in [2.05, 4.69) is 43.8 Å². The number of aromatic nitrogens is 2. The molecule has 0 saturated heterocycles. The van der Waals surface area contributed by atoms with E-state index in [1.165, 1.54) is 0 Å². The quantitative estimate of drug-likeness (QED) is 0.295. The zero-order valence-corrected chi connectivity index (χ0v) is 20.9. The van der Waals surface area contributed by atoms with E-state index in [4.69, 9.17) is 14.2 Å². The van der Waals surface area contributed by atoms with Gasteiger partial charge in [-0.05, 0) is 25.1 Å². The molecule has 0 bridgehead atoms. The molecule has 32 heavy (non-hydrogen) atoms. The summed E-state index contributed by atoms with van der Waals surface area (Å²) in [6.07, 6.45) is 3.35. The van der Waals surface area contributed by atoms with Crippen LogP contribution in [0, 0.1) is 0 Å². The van der Waals surface area contributed by atoms with Crippen molar-refractivity contribution in [1.29, 1.82) is 0 Å². The van der Waals surface area contributed by atoms with E-state index in [0.29, 0.717) is 18.3 Å². The van der Waals surface area contributed by atoms with Crippen LogP contribution in [0.2, 0.25) is 18.1 Å². The van der Waals surface area contributed by atoms with Crippen LogP contribution < -0.4 is 4.74 Å². The van der Waals surface area contributed by atoms with Crippen molar-refractivity contribution >= 4 is 19.7 Å². The summed E-state index contributed by atoms with van der Waals surface area (Å²) >= 11 is 0. The highest BCUT2D eigenvalue weighted by Gasteiger charge is 2.38. The molecule has 1 aromatic heterocycles. The van der Waals surface area contributed by atoms with Crippen molar-refractivity contribution < 1.29 is 9.16 Å². The molecule has 1 heterocycles. The van der Waals surface area contributed by atoms with Crippen molar-refractivity contribution in [2.75, 3.05) is 6.61 Å². The predicted molar refractivity (Wildman–Crippen MR) is 133 cm³/mol. The minimum absolute atomic E-state index is 0.0278. The average Bonchev–Trinajstić information content (AvgIpc) is 2.77. The summed E-state index contributed by atoms with van der Waals surface area (Å²) in [5.41, 5.74) is 3.62. The van der Waals surface area contributed by atoms with Crippen LogP contribution in [-0.2, 0) is 4.43 Å². The van der Waals surface area contributed by atoms with Crippen molar-refractivity contribution in [2.24, 2.45) is 4.99 Å². The predicted octanol–water partition coefficient (Wildman–Crippen LogP) is 6.43. The minimum atomic E-state index is -1.84. The number of benzene rings is 2. The zero-order chi connectivity index (χ0) is 23.2. The Hall–Kier alpha value is -2.83. The van der Waals surface area contributed by atoms with Gasteiger partial charge in [0, 0.05) is 11.1 Å². The molecule has 1 unspecified atom stereocenters. The molecule has 0 N–H and O–H groups in total. The highest BCUT2D eigenvalue weighted by molar-refractivity contribution is 6.74. The molecule has 0 aliphatic rings. The standard InChI is InChI=1S/C26H33N3O2Si/c1-20(31-32(5,6)26(2,3)4)19-30-25-27-17-23(18-28-25)29-24(21-13-9-7-10-14-21)22-15-11-8-12-16-22/h7-18,20H,19H2,1-6H3. The fourth-order valence-corrected chi connectivity index (χ4v) is 4.39. The minimum Gasteiger partial charge on any atom is -0.461 e. The second-order valence-corrected chi connectivity index (χ2v) is 14.2. The van der Waals surface area contributed by atoms with Gasteiger partial charge < -0.3 is 9.16 Å². The topological polar surface area (TPSA) is 56.6 Å². The number of rotatable bonds is 8. The summed E-state index contributed by atoms with van der Waals surface area (Å²) < 4.78 is 12.1. The Morgan fingerprint density at radius 2 is 1.41 bits per heavy atom. The first-order chi connectivity index (χ1) is 15.2. The molecule has 168 valence electrons. The summed E-state index contributed by atoms with van der Waals surface area (Å²) in [4.78, 5) is 13.5. The van der Waals surface area contributed by atoms with E-state index in [1.807, 2.05) is 67.6 Å². The van der Waals surface area contributed by atoms with Gasteiger partial charge in [0.05, 0.1) is 24.2 Å². The summed E-state index contributed by atoms with van der Waals surface area (Å²) in [7, 11) is -1.84. The molecule has 0 aliphatic carbocycles. The van der Waals surface area contributed by atoms with E-state index in [1.54, 1.807) is 12.4 Å². The Kier molecular flexibility index (Phi) is 7.59. The highest BCUT2D eigenvalue weighted by Crippen LogP contribution is 2.37. The van der Waals surface area contributed by atoms with Gasteiger partial charge in [-0.3, -0.25) is 0 Å². The first-order valence-corrected chi connectivity index (χ1v) is 13.9. The second kappa shape index (κ2) is 10.2. The third-order valence-corrected chi connectivity index (χ3v) is 10.3. The van der Waals surface area contributed by atoms with E-state index < -0.39 is 8.32 Å². The lowest BCUT2D eigenvalue weighted by molar-refractivity contribution is 0.123. The normalized spacial score (nSPS) is 12.8. The molecule has 3 rings (SSSR count). The zero-order valence-electron chi connectivity index (χ0n) is 19.9. The van der Waals surface area contributed by atoms with Crippen LogP contribution in [0.4, 0.5) is 5.69 Å². The third kappa shape index (κ3) is 6.34. The number of aliphatic imine (C=N–C) groups is 1. The molecule has 0 amide bonds. The molecule has 0 saturated carbocycles. The smallest absolute Gasteiger partial charge is 0.316 e. The molecular weight excluding hydrogens is 414 g/mol. The van der Waals surface area contributed by atoms with Gasteiger partial charge in [0.15, 0.2) is 8.32 Å². The van der Waals surface area contributed by atoms with Gasteiger partial charge in [0.2, 0.25) is 0 Å². The summed E-state index contributed by atoms with van der Waals surface area (Å²) in [5.74, 6) is 0. The molecule has 3 aromatic rings. The van der Waals surface area contributed by atoms with Crippen molar-refractivity contribution in [3.8, 4) is 6.01 Å². The Labute approximate surface area is 192 Å². The van der Waals surface area contributed by atoms with Gasteiger partial charge in [-0.1, -0.05) is 81.4 Å². The highest BCUT2D eigenvalue weighted by atomic mass is 28.4. The first-order valence-electron chi connectivity index (χ1n) is 11.0. The summed E-state index contributed by atoms with van der Waals surface area (Å²) in [6, 6.07) is 20.6. The van der Waals surface area contributed by atoms with E-state index in [0.717, 1.165) is 16.8 Å². The Balaban J connectivity index is 1.71. The van der Waals surface area contributed by atoms with Gasteiger partial charge in [-0.2, -0.15) is 0 Å². The lowest BCUT2D eigenvalue weighted by atomic mass is 10.0. The van der Waals surface area contributed by atoms with Crippen LogP contribution in [0.5, 0.6) is 6.01 Å². The first kappa shape index (κ1) is 23.8. The SMILES string of the molecule is CC(COc1ncc(N=C(c2ccccc2)c2ccccc2)cn1)O[Si](C)(C)C(C)(C)C. The number of hydrogen-bond donors (Lipinski definition) is 0. The monoisotopic (exact) mass is 447 g/mol. The van der Waals surface area contributed by atoms with E-state index in [9.17, 15) is 0 Å². The van der Waals surface area contributed by atoms with Crippen LogP contribution in [0.15, 0.2) is 78.0 Å².